The molecule has 1 N–H and O–H groups in total. The molecule has 7 heteroatoms. The zero-order valence-corrected chi connectivity index (χ0v) is 9.77. The van der Waals surface area contributed by atoms with Gasteiger partial charge in [0.1, 0.15) is 11.5 Å². The molecule has 0 amide bonds. The molecular weight excluding hydrogens is 266 g/mol. The molecule has 1 aromatic heterocycles. The van der Waals surface area contributed by atoms with Gasteiger partial charge in [-0.15, -0.1) is 0 Å². The minimum absolute atomic E-state index is 0.0870. The maximum absolute atomic E-state index is 13.6. The number of alkyl halides is 3. The third-order valence-electron chi connectivity index (χ3n) is 2.51. The number of aromatic amines is 1. The molecule has 1 aromatic carbocycles. The van der Waals surface area contributed by atoms with E-state index in [-0.39, 0.29) is 23.2 Å². The lowest BCUT2D eigenvalue weighted by Gasteiger charge is -2.06. The highest BCUT2D eigenvalue weighted by Gasteiger charge is 2.32. The van der Waals surface area contributed by atoms with Gasteiger partial charge in [0, 0.05) is 10.9 Å². The number of carbonyl (C=O) groups excluding carboxylic acids is 1. The highest BCUT2D eigenvalue weighted by molar-refractivity contribution is 5.95. The quantitative estimate of drug-likeness (QED) is 0.673. The molecule has 0 fully saturated rings. The lowest BCUT2D eigenvalue weighted by molar-refractivity contribution is -0.137. The van der Waals surface area contributed by atoms with Crippen molar-refractivity contribution in [1.29, 1.82) is 0 Å². The Kier molecular flexibility index (Phi) is 3.21. The molecule has 0 aliphatic heterocycles. The molecule has 0 bridgehead atoms. The molecule has 0 unspecified atom stereocenters. The Morgan fingerprint density at radius 1 is 1.32 bits per heavy atom. The first kappa shape index (κ1) is 13.4. The van der Waals surface area contributed by atoms with Crippen molar-refractivity contribution in [3.8, 4) is 0 Å². The van der Waals surface area contributed by atoms with Crippen molar-refractivity contribution in [2.45, 2.75) is 13.1 Å². The number of esters is 1. The van der Waals surface area contributed by atoms with E-state index in [0.717, 1.165) is 12.1 Å². The molecular formula is C12H9F4NO2. The van der Waals surface area contributed by atoms with E-state index in [1.807, 2.05) is 0 Å². The Morgan fingerprint density at radius 2 is 2.00 bits per heavy atom. The van der Waals surface area contributed by atoms with Crippen LogP contribution in [-0.4, -0.2) is 17.6 Å². The number of benzene rings is 1. The van der Waals surface area contributed by atoms with Crippen molar-refractivity contribution in [3.05, 3.63) is 35.3 Å². The van der Waals surface area contributed by atoms with Gasteiger partial charge in [0.05, 0.1) is 12.2 Å². The summed E-state index contributed by atoms with van der Waals surface area (Å²) < 4.78 is 55.8. The van der Waals surface area contributed by atoms with Crippen LogP contribution in [0.15, 0.2) is 18.2 Å². The van der Waals surface area contributed by atoms with Crippen LogP contribution >= 0.6 is 0 Å². The van der Waals surface area contributed by atoms with Gasteiger partial charge >= 0.3 is 12.1 Å². The van der Waals surface area contributed by atoms with Crippen molar-refractivity contribution < 1.29 is 27.1 Å². The molecule has 0 aliphatic carbocycles. The van der Waals surface area contributed by atoms with E-state index in [9.17, 15) is 22.4 Å². The van der Waals surface area contributed by atoms with Crippen LogP contribution in [0.2, 0.25) is 0 Å². The van der Waals surface area contributed by atoms with E-state index in [4.69, 9.17) is 0 Å². The molecule has 2 rings (SSSR count). The highest BCUT2D eigenvalue weighted by atomic mass is 19.4. The van der Waals surface area contributed by atoms with Gasteiger partial charge in [-0.3, -0.25) is 0 Å². The summed E-state index contributed by atoms with van der Waals surface area (Å²) in [7, 11) is 0. The van der Waals surface area contributed by atoms with Crippen molar-refractivity contribution in [3.63, 3.8) is 0 Å². The van der Waals surface area contributed by atoms with E-state index < -0.39 is 23.5 Å². The van der Waals surface area contributed by atoms with E-state index in [1.54, 1.807) is 6.92 Å². The SMILES string of the molecule is CCOC(=O)c1cc2c(F)cc(C(F)(F)F)cc2[nH]1. The zero-order valence-electron chi connectivity index (χ0n) is 9.77. The monoisotopic (exact) mass is 275 g/mol. The summed E-state index contributed by atoms with van der Waals surface area (Å²) >= 11 is 0. The lowest BCUT2D eigenvalue weighted by atomic mass is 10.1. The average Bonchev–Trinajstić information content (AvgIpc) is 2.72. The molecule has 19 heavy (non-hydrogen) atoms. The number of hydrogen-bond donors (Lipinski definition) is 1. The van der Waals surface area contributed by atoms with Crippen molar-refractivity contribution >= 4 is 16.9 Å². The normalized spacial score (nSPS) is 11.8. The van der Waals surface area contributed by atoms with Gasteiger partial charge in [0.25, 0.3) is 0 Å². The fourth-order valence-corrected chi connectivity index (χ4v) is 1.68. The lowest BCUT2D eigenvalue weighted by Crippen LogP contribution is -2.05. The van der Waals surface area contributed by atoms with Crippen molar-refractivity contribution in [2.24, 2.45) is 0 Å². The molecule has 102 valence electrons. The van der Waals surface area contributed by atoms with Crippen molar-refractivity contribution in [1.82, 2.24) is 4.98 Å². The molecule has 3 nitrogen and oxygen atoms in total. The van der Waals surface area contributed by atoms with E-state index in [2.05, 4.69) is 9.72 Å². The Labute approximate surface area is 105 Å². The second-order valence-corrected chi connectivity index (χ2v) is 3.82. The number of rotatable bonds is 2. The third kappa shape index (κ3) is 2.54. The van der Waals surface area contributed by atoms with Crippen LogP contribution in [0.5, 0.6) is 0 Å². The summed E-state index contributed by atoms with van der Waals surface area (Å²) in [6.45, 7) is 1.70. The Hall–Kier alpha value is -2.05. The highest BCUT2D eigenvalue weighted by Crippen LogP contribution is 2.33. The van der Waals surface area contributed by atoms with Gasteiger partial charge in [0.2, 0.25) is 0 Å². The summed E-state index contributed by atoms with van der Waals surface area (Å²) in [4.78, 5) is 13.8. The summed E-state index contributed by atoms with van der Waals surface area (Å²) in [5, 5.41) is -0.0870. The smallest absolute Gasteiger partial charge is 0.416 e. The number of nitrogens with one attached hydrogen (secondary N) is 1. The number of aromatic nitrogens is 1. The van der Waals surface area contributed by atoms with Crippen LogP contribution in [0.25, 0.3) is 10.9 Å². The summed E-state index contributed by atoms with van der Waals surface area (Å²) in [6, 6.07) is 2.27. The van der Waals surface area contributed by atoms with Crippen LogP contribution < -0.4 is 0 Å². The molecule has 0 spiro atoms. The number of halogens is 4. The second kappa shape index (κ2) is 4.56. The second-order valence-electron chi connectivity index (χ2n) is 3.82. The minimum atomic E-state index is -4.65. The van der Waals surface area contributed by atoms with Crippen LogP contribution in [-0.2, 0) is 10.9 Å². The standard InChI is InChI=1S/C12H9F4NO2/c1-2-19-11(18)10-5-7-8(13)3-6(12(14,15)16)4-9(7)17-10/h3-5,17H,2H2,1H3. The molecule has 2 aromatic rings. The number of H-pyrrole nitrogens is 1. The van der Waals surface area contributed by atoms with Gasteiger partial charge in [-0.25, -0.2) is 9.18 Å². The number of fused-ring (bicyclic) bond motifs is 1. The number of carbonyl (C=O) groups is 1. The number of hydrogen-bond acceptors (Lipinski definition) is 2. The van der Waals surface area contributed by atoms with Gasteiger partial charge in [-0.1, -0.05) is 0 Å². The Bertz CT molecular complexity index is 630. The molecule has 0 saturated carbocycles. The van der Waals surface area contributed by atoms with Gasteiger partial charge in [0.15, 0.2) is 0 Å². The maximum Gasteiger partial charge on any atom is 0.416 e. The van der Waals surface area contributed by atoms with Gasteiger partial charge in [-0.2, -0.15) is 13.2 Å². The molecule has 0 radical (unpaired) electrons. The summed E-state index contributed by atoms with van der Waals surface area (Å²) in [5.41, 5.74) is -1.31. The van der Waals surface area contributed by atoms with Crippen molar-refractivity contribution in [2.75, 3.05) is 6.61 Å². The average molecular weight is 275 g/mol. The van der Waals surface area contributed by atoms with Crippen LogP contribution in [0.4, 0.5) is 17.6 Å². The topological polar surface area (TPSA) is 42.1 Å². The summed E-state index contributed by atoms with van der Waals surface area (Å²) in [5.74, 6) is -1.79. The first-order valence-electron chi connectivity index (χ1n) is 5.39. The number of ether oxygens (including phenoxy) is 1. The molecule has 0 aliphatic rings. The predicted molar refractivity (Wildman–Crippen MR) is 59.2 cm³/mol. The molecule has 1 heterocycles. The van der Waals surface area contributed by atoms with Crippen LogP contribution in [0.3, 0.4) is 0 Å². The molecule has 0 saturated heterocycles. The maximum atomic E-state index is 13.6. The third-order valence-corrected chi connectivity index (χ3v) is 2.51. The molecule has 0 atom stereocenters. The fraction of sp³-hybridized carbons (Fsp3) is 0.250. The first-order valence-corrected chi connectivity index (χ1v) is 5.39. The predicted octanol–water partition coefficient (Wildman–Crippen LogP) is 3.50. The van der Waals surface area contributed by atoms with E-state index >= 15 is 0 Å². The largest absolute Gasteiger partial charge is 0.461 e. The van der Waals surface area contributed by atoms with Gasteiger partial charge < -0.3 is 9.72 Å². The summed E-state index contributed by atoms with van der Waals surface area (Å²) in [6.07, 6.45) is -4.65. The minimum Gasteiger partial charge on any atom is -0.461 e. The Morgan fingerprint density at radius 3 is 2.58 bits per heavy atom. The fourth-order valence-electron chi connectivity index (χ4n) is 1.68. The first-order chi connectivity index (χ1) is 8.82. The van der Waals surface area contributed by atoms with Gasteiger partial charge in [-0.05, 0) is 25.1 Å². The van der Waals surface area contributed by atoms with Crippen LogP contribution in [0, 0.1) is 5.82 Å². The van der Waals surface area contributed by atoms with E-state index in [1.165, 1.54) is 0 Å². The van der Waals surface area contributed by atoms with E-state index in [0.29, 0.717) is 6.07 Å². The zero-order chi connectivity index (χ0) is 14.2. The Balaban J connectivity index is 2.54. The van der Waals surface area contributed by atoms with Crippen LogP contribution in [0.1, 0.15) is 23.0 Å².